The van der Waals surface area contributed by atoms with Gasteiger partial charge in [0.1, 0.15) is 19.0 Å². The van der Waals surface area contributed by atoms with Crippen LogP contribution in [0.15, 0.2) is 48.7 Å². The molecule has 0 radical (unpaired) electrons. The van der Waals surface area contributed by atoms with Gasteiger partial charge in [0.25, 0.3) is 0 Å². The van der Waals surface area contributed by atoms with Crippen molar-refractivity contribution < 1.29 is 14.2 Å². The van der Waals surface area contributed by atoms with Crippen LogP contribution in [0.1, 0.15) is 16.8 Å². The number of ether oxygens (including phenoxy) is 3. The minimum absolute atomic E-state index is 0.568. The highest BCUT2D eigenvalue weighted by Gasteiger charge is 2.19. The van der Waals surface area contributed by atoms with Crippen LogP contribution in [0.4, 0.5) is 11.6 Å². The third-order valence-corrected chi connectivity index (χ3v) is 5.38. The van der Waals surface area contributed by atoms with Crippen molar-refractivity contribution in [3.8, 4) is 17.2 Å². The molecule has 0 unspecified atom stereocenters. The van der Waals surface area contributed by atoms with Crippen LogP contribution < -0.4 is 19.5 Å². The molecule has 0 saturated heterocycles. The molecule has 2 aliphatic rings. The van der Waals surface area contributed by atoms with E-state index in [9.17, 15) is 0 Å². The van der Waals surface area contributed by atoms with Gasteiger partial charge >= 0.3 is 0 Å². The number of rotatable bonds is 5. The molecule has 0 bridgehead atoms. The Labute approximate surface area is 175 Å². The summed E-state index contributed by atoms with van der Waals surface area (Å²) in [5.74, 6) is 3.01. The van der Waals surface area contributed by atoms with E-state index in [-0.39, 0.29) is 0 Å². The predicted molar refractivity (Wildman–Crippen MR) is 114 cm³/mol. The van der Waals surface area contributed by atoms with Gasteiger partial charge < -0.3 is 19.5 Å². The SMILES string of the molecule is COc1ccc(CN2CCc3nc(Nc4ccc5c(c4)OCCO5)ncc3C2)cc1. The van der Waals surface area contributed by atoms with E-state index in [1.165, 1.54) is 11.1 Å². The van der Waals surface area contributed by atoms with Crippen molar-refractivity contribution in [2.75, 3.05) is 32.2 Å². The van der Waals surface area contributed by atoms with Gasteiger partial charge in [-0.05, 0) is 29.8 Å². The van der Waals surface area contributed by atoms with Gasteiger partial charge in [-0.25, -0.2) is 9.97 Å². The monoisotopic (exact) mass is 404 g/mol. The fraction of sp³-hybridized carbons (Fsp3) is 0.304. The molecule has 5 rings (SSSR count). The van der Waals surface area contributed by atoms with Gasteiger partial charge in [-0.1, -0.05) is 12.1 Å². The number of aromatic nitrogens is 2. The molecule has 2 aliphatic heterocycles. The lowest BCUT2D eigenvalue weighted by Crippen LogP contribution is -2.31. The Kier molecular flexibility index (Phi) is 5.11. The molecular formula is C23H24N4O3. The van der Waals surface area contributed by atoms with Crippen LogP contribution in [-0.4, -0.2) is 41.7 Å². The lowest BCUT2D eigenvalue weighted by molar-refractivity contribution is 0.171. The second kappa shape index (κ2) is 8.20. The standard InChI is InChI=1S/C23H24N4O3/c1-28-19-5-2-16(3-6-19)14-27-9-8-20-17(15-27)13-24-23(26-20)25-18-4-7-21-22(12-18)30-11-10-29-21/h2-7,12-13H,8-11,14-15H2,1H3,(H,24,25,26). The van der Waals surface area contributed by atoms with Crippen molar-refractivity contribution in [1.82, 2.24) is 14.9 Å². The second-order valence-electron chi connectivity index (χ2n) is 7.46. The first-order valence-electron chi connectivity index (χ1n) is 10.1. The number of anilines is 2. The van der Waals surface area contributed by atoms with E-state index < -0.39 is 0 Å². The summed E-state index contributed by atoms with van der Waals surface area (Å²) in [4.78, 5) is 11.7. The number of nitrogens with zero attached hydrogens (tertiary/aromatic N) is 3. The highest BCUT2D eigenvalue weighted by molar-refractivity contribution is 5.60. The Morgan fingerprint density at radius 2 is 1.90 bits per heavy atom. The molecule has 154 valence electrons. The Balaban J connectivity index is 1.25. The number of benzene rings is 2. The Hall–Kier alpha value is -3.32. The maximum Gasteiger partial charge on any atom is 0.227 e. The maximum atomic E-state index is 5.65. The summed E-state index contributed by atoms with van der Waals surface area (Å²) in [5, 5.41) is 3.28. The third kappa shape index (κ3) is 4.02. The van der Waals surface area contributed by atoms with Crippen molar-refractivity contribution in [3.05, 3.63) is 65.5 Å². The molecule has 1 aromatic heterocycles. The van der Waals surface area contributed by atoms with E-state index in [4.69, 9.17) is 19.2 Å². The molecule has 0 amide bonds. The molecule has 30 heavy (non-hydrogen) atoms. The topological polar surface area (TPSA) is 68.7 Å². The lowest BCUT2D eigenvalue weighted by atomic mass is 10.1. The van der Waals surface area contributed by atoms with E-state index in [0.29, 0.717) is 19.2 Å². The third-order valence-electron chi connectivity index (χ3n) is 5.38. The lowest BCUT2D eigenvalue weighted by Gasteiger charge is -2.28. The molecule has 0 spiro atoms. The molecule has 7 nitrogen and oxygen atoms in total. The minimum atomic E-state index is 0.568. The first-order valence-corrected chi connectivity index (χ1v) is 10.1. The van der Waals surface area contributed by atoms with Crippen LogP contribution in [-0.2, 0) is 19.5 Å². The highest BCUT2D eigenvalue weighted by Crippen LogP contribution is 2.33. The number of fused-ring (bicyclic) bond motifs is 2. The van der Waals surface area contributed by atoms with Crippen LogP contribution >= 0.6 is 0 Å². The first kappa shape index (κ1) is 18.7. The second-order valence-corrected chi connectivity index (χ2v) is 7.46. The first-order chi connectivity index (χ1) is 14.8. The number of methoxy groups -OCH3 is 1. The summed E-state index contributed by atoms with van der Waals surface area (Å²) in [5.41, 5.74) is 4.45. The largest absolute Gasteiger partial charge is 0.497 e. The quantitative estimate of drug-likeness (QED) is 0.697. The average Bonchev–Trinajstić information content (AvgIpc) is 2.79. The van der Waals surface area contributed by atoms with Crippen molar-refractivity contribution in [3.63, 3.8) is 0 Å². The molecule has 3 heterocycles. The zero-order chi connectivity index (χ0) is 20.3. The number of hydrogen-bond donors (Lipinski definition) is 1. The van der Waals surface area contributed by atoms with Crippen LogP contribution in [0, 0.1) is 0 Å². The molecule has 0 atom stereocenters. The summed E-state index contributed by atoms with van der Waals surface area (Å²) in [6.45, 7) is 3.88. The normalized spacial score (nSPS) is 15.4. The average molecular weight is 404 g/mol. The Bertz CT molecular complexity index is 1040. The van der Waals surface area contributed by atoms with Gasteiger partial charge in [-0.2, -0.15) is 0 Å². The maximum absolute atomic E-state index is 5.65. The van der Waals surface area contributed by atoms with Crippen LogP contribution in [0.2, 0.25) is 0 Å². The number of nitrogens with one attached hydrogen (secondary N) is 1. The summed E-state index contributed by atoms with van der Waals surface area (Å²) in [7, 11) is 1.69. The van der Waals surface area contributed by atoms with Crippen molar-refractivity contribution in [2.24, 2.45) is 0 Å². The summed E-state index contributed by atoms with van der Waals surface area (Å²) in [6.07, 6.45) is 2.84. The van der Waals surface area contributed by atoms with Crippen molar-refractivity contribution in [2.45, 2.75) is 19.5 Å². The van der Waals surface area contributed by atoms with E-state index in [1.807, 2.05) is 36.5 Å². The van der Waals surface area contributed by atoms with Crippen LogP contribution in [0.3, 0.4) is 0 Å². The fourth-order valence-corrected chi connectivity index (χ4v) is 3.81. The van der Waals surface area contributed by atoms with Crippen LogP contribution in [0.25, 0.3) is 0 Å². The summed E-state index contributed by atoms with van der Waals surface area (Å²) < 4.78 is 16.5. The van der Waals surface area contributed by atoms with E-state index in [0.717, 1.165) is 54.7 Å². The zero-order valence-corrected chi connectivity index (χ0v) is 16.9. The Morgan fingerprint density at radius 1 is 1.07 bits per heavy atom. The van der Waals surface area contributed by atoms with Crippen molar-refractivity contribution >= 4 is 11.6 Å². The van der Waals surface area contributed by atoms with Crippen LogP contribution in [0.5, 0.6) is 17.2 Å². The molecule has 2 aromatic carbocycles. The zero-order valence-electron chi connectivity index (χ0n) is 16.9. The fourth-order valence-electron chi connectivity index (χ4n) is 3.81. The molecular weight excluding hydrogens is 380 g/mol. The smallest absolute Gasteiger partial charge is 0.227 e. The number of hydrogen-bond acceptors (Lipinski definition) is 7. The van der Waals surface area contributed by atoms with Crippen molar-refractivity contribution in [1.29, 1.82) is 0 Å². The van der Waals surface area contributed by atoms with Gasteiger partial charge in [-0.15, -0.1) is 0 Å². The van der Waals surface area contributed by atoms with Gasteiger partial charge in [0, 0.05) is 49.6 Å². The Morgan fingerprint density at radius 3 is 2.73 bits per heavy atom. The molecule has 1 N–H and O–H groups in total. The minimum Gasteiger partial charge on any atom is -0.497 e. The molecule has 0 aliphatic carbocycles. The van der Waals surface area contributed by atoms with E-state index >= 15 is 0 Å². The van der Waals surface area contributed by atoms with Gasteiger partial charge in [-0.3, -0.25) is 4.90 Å². The predicted octanol–water partition coefficient (Wildman–Crippen LogP) is 3.56. The summed E-state index contributed by atoms with van der Waals surface area (Å²) in [6, 6.07) is 14.0. The van der Waals surface area contributed by atoms with Gasteiger partial charge in [0.05, 0.1) is 12.8 Å². The summed E-state index contributed by atoms with van der Waals surface area (Å²) >= 11 is 0. The van der Waals surface area contributed by atoms with Gasteiger partial charge in [0.15, 0.2) is 11.5 Å². The molecule has 0 saturated carbocycles. The van der Waals surface area contributed by atoms with E-state index in [1.54, 1.807) is 7.11 Å². The van der Waals surface area contributed by atoms with Gasteiger partial charge in [0.2, 0.25) is 5.95 Å². The highest BCUT2D eigenvalue weighted by atomic mass is 16.6. The molecule has 3 aromatic rings. The van der Waals surface area contributed by atoms with E-state index in [2.05, 4.69) is 27.3 Å². The molecule has 7 heteroatoms. The molecule has 0 fully saturated rings.